The molecule has 1 heterocycles. The molecule has 2 nitrogen and oxygen atoms in total. The van der Waals surface area contributed by atoms with E-state index in [2.05, 4.69) is 24.4 Å². The first-order chi connectivity index (χ1) is 9.76. The molecule has 0 saturated carbocycles. The summed E-state index contributed by atoms with van der Waals surface area (Å²) in [7, 11) is 0. The molecule has 1 aliphatic carbocycles. The van der Waals surface area contributed by atoms with Gasteiger partial charge in [-0.1, -0.05) is 19.1 Å². The van der Waals surface area contributed by atoms with Crippen molar-refractivity contribution in [3.05, 3.63) is 51.2 Å². The number of carbonyl (C=O) groups excluding carboxylic acids is 1. The van der Waals surface area contributed by atoms with Gasteiger partial charge >= 0.3 is 0 Å². The fourth-order valence-electron chi connectivity index (χ4n) is 2.66. The maximum absolute atomic E-state index is 12.3. The quantitative estimate of drug-likeness (QED) is 0.887. The number of aryl methyl sites for hydroxylation is 3. The van der Waals surface area contributed by atoms with Crippen molar-refractivity contribution in [1.82, 2.24) is 0 Å². The molecule has 3 rings (SSSR count). The standard InChI is InChI=1S/C17H19NOS/c1-2-12-6-5-8-14(10-12)18-17(19)16-11-13-7-3-4-9-15(13)20-16/h5-6,8,10-11H,2-4,7,9H2,1H3,(H,18,19). The summed E-state index contributed by atoms with van der Waals surface area (Å²) in [6, 6.07) is 10.2. The molecule has 0 saturated heterocycles. The first-order valence-electron chi connectivity index (χ1n) is 7.28. The Hall–Kier alpha value is -1.61. The molecule has 1 aromatic carbocycles. The van der Waals surface area contributed by atoms with Gasteiger partial charge in [0.2, 0.25) is 0 Å². The summed E-state index contributed by atoms with van der Waals surface area (Å²) >= 11 is 1.66. The molecule has 0 bridgehead atoms. The normalized spacial score (nSPS) is 13.8. The van der Waals surface area contributed by atoms with Crippen LogP contribution in [0.3, 0.4) is 0 Å². The van der Waals surface area contributed by atoms with Crippen LogP contribution in [0, 0.1) is 0 Å². The Balaban J connectivity index is 1.77. The van der Waals surface area contributed by atoms with Crippen molar-refractivity contribution < 1.29 is 4.79 Å². The largest absolute Gasteiger partial charge is 0.321 e. The van der Waals surface area contributed by atoms with Gasteiger partial charge in [0.1, 0.15) is 0 Å². The molecule has 1 N–H and O–H groups in total. The number of nitrogens with one attached hydrogen (secondary N) is 1. The maximum Gasteiger partial charge on any atom is 0.265 e. The summed E-state index contributed by atoms with van der Waals surface area (Å²) in [6.45, 7) is 2.12. The lowest BCUT2D eigenvalue weighted by Crippen LogP contribution is -2.10. The first kappa shape index (κ1) is 13.4. The molecule has 2 aromatic rings. The van der Waals surface area contributed by atoms with Crippen LogP contribution >= 0.6 is 11.3 Å². The van der Waals surface area contributed by atoms with E-state index in [1.807, 2.05) is 18.2 Å². The van der Waals surface area contributed by atoms with Gasteiger partial charge in [-0.25, -0.2) is 0 Å². The number of carbonyl (C=O) groups is 1. The van der Waals surface area contributed by atoms with Crippen molar-refractivity contribution in [1.29, 1.82) is 0 Å². The van der Waals surface area contributed by atoms with Gasteiger partial charge < -0.3 is 5.32 Å². The van der Waals surface area contributed by atoms with Gasteiger partial charge in [-0.05, 0) is 61.4 Å². The Morgan fingerprint density at radius 3 is 2.90 bits per heavy atom. The van der Waals surface area contributed by atoms with Gasteiger partial charge in [-0.15, -0.1) is 11.3 Å². The van der Waals surface area contributed by atoms with E-state index in [-0.39, 0.29) is 5.91 Å². The number of anilines is 1. The summed E-state index contributed by atoms with van der Waals surface area (Å²) in [6.07, 6.45) is 5.76. The van der Waals surface area contributed by atoms with E-state index in [1.54, 1.807) is 11.3 Å². The van der Waals surface area contributed by atoms with Crippen LogP contribution < -0.4 is 5.32 Å². The number of hydrogen-bond acceptors (Lipinski definition) is 2. The number of hydrogen-bond donors (Lipinski definition) is 1. The number of rotatable bonds is 3. The van der Waals surface area contributed by atoms with E-state index in [9.17, 15) is 4.79 Å². The highest BCUT2D eigenvalue weighted by molar-refractivity contribution is 7.14. The molecule has 3 heteroatoms. The van der Waals surface area contributed by atoms with Crippen molar-refractivity contribution in [3.8, 4) is 0 Å². The third kappa shape index (κ3) is 2.78. The predicted octanol–water partition coefficient (Wildman–Crippen LogP) is 4.44. The van der Waals surface area contributed by atoms with Crippen LogP contribution in [-0.4, -0.2) is 5.91 Å². The molecule has 1 amide bonds. The van der Waals surface area contributed by atoms with Crippen LogP contribution in [-0.2, 0) is 19.3 Å². The second-order valence-electron chi connectivity index (χ2n) is 5.27. The molecule has 0 radical (unpaired) electrons. The van der Waals surface area contributed by atoms with Crippen LogP contribution in [0.15, 0.2) is 30.3 Å². The molecular formula is C17H19NOS. The average molecular weight is 285 g/mol. The first-order valence-corrected chi connectivity index (χ1v) is 8.10. The minimum Gasteiger partial charge on any atom is -0.321 e. The third-order valence-corrected chi connectivity index (χ3v) is 5.05. The predicted molar refractivity (Wildman–Crippen MR) is 84.7 cm³/mol. The summed E-state index contributed by atoms with van der Waals surface area (Å²) in [5, 5.41) is 3.01. The molecule has 20 heavy (non-hydrogen) atoms. The zero-order valence-corrected chi connectivity index (χ0v) is 12.6. The molecule has 0 spiro atoms. The monoisotopic (exact) mass is 285 g/mol. The van der Waals surface area contributed by atoms with Crippen LogP contribution in [0.1, 0.15) is 45.4 Å². The van der Waals surface area contributed by atoms with Crippen molar-refractivity contribution in [2.45, 2.75) is 39.0 Å². The zero-order chi connectivity index (χ0) is 13.9. The molecule has 0 aliphatic heterocycles. The molecule has 0 unspecified atom stereocenters. The lowest BCUT2D eigenvalue weighted by atomic mass is 9.99. The Labute approximate surface area is 123 Å². The molecule has 104 valence electrons. The summed E-state index contributed by atoms with van der Waals surface area (Å²) in [4.78, 5) is 14.6. The molecular weight excluding hydrogens is 266 g/mol. The van der Waals surface area contributed by atoms with E-state index in [1.165, 1.54) is 28.8 Å². The SMILES string of the molecule is CCc1cccc(NC(=O)c2cc3c(s2)CCCC3)c1. The van der Waals surface area contributed by atoms with Gasteiger partial charge in [0.15, 0.2) is 0 Å². The molecule has 1 aliphatic rings. The highest BCUT2D eigenvalue weighted by Gasteiger charge is 2.17. The molecule has 1 aromatic heterocycles. The lowest BCUT2D eigenvalue weighted by Gasteiger charge is -2.08. The topological polar surface area (TPSA) is 29.1 Å². The number of thiophene rings is 1. The van der Waals surface area contributed by atoms with Crippen molar-refractivity contribution in [3.63, 3.8) is 0 Å². The minimum absolute atomic E-state index is 0.0256. The summed E-state index contributed by atoms with van der Waals surface area (Å²) in [5.74, 6) is 0.0256. The molecule has 0 atom stereocenters. The number of fused-ring (bicyclic) bond motifs is 1. The average Bonchev–Trinajstić information content (AvgIpc) is 2.91. The Morgan fingerprint density at radius 1 is 1.25 bits per heavy atom. The summed E-state index contributed by atoms with van der Waals surface area (Å²) < 4.78 is 0. The van der Waals surface area contributed by atoms with Crippen molar-refractivity contribution >= 4 is 22.9 Å². The second kappa shape index (κ2) is 5.80. The van der Waals surface area contributed by atoms with Gasteiger partial charge in [0, 0.05) is 10.6 Å². The maximum atomic E-state index is 12.3. The van der Waals surface area contributed by atoms with Gasteiger partial charge in [0.25, 0.3) is 5.91 Å². The van der Waals surface area contributed by atoms with Crippen molar-refractivity contribution in [2.24, 2.45) is 0 Å². The molecule has 0 fully saturated rings. The highest BCUT2D eigenvalue weighted by atomic mass is 32.1. The van der Waals surface area contributed by atoms with E-state index in [4.69, 9.17) is 0 Å². The van der Waals surface area contributed by atoms with Crippen LogP contribution in [0.4, 0.5) is 5.69 Å². The zero-order valence-electron chi connectivity index (χ0n) is 11.7. The van der Waals surface area contributed by atoms with Crippen molar-refractivity contribution in [2.75, 3.05) is 5.32 Å². The van der Waals surface area contributed by atoms with Gasteiger partial charge in [-0.2, -0.15) is 0 Å². The smallest absolute Gasteiger partial charge is 0.265 e. The van der Waals surface area contributed by atoms with Crippen LogP contribution in [0.25, 0.3) is 0 Å². The van der Waals surface area contributed by atoms with E-state index in [0.717, 1.165) is 29.8 Å². The Kier molecular flexibility index (Phi) is 3.88. The Morgan fingerprint density at radius 2 is 2.10 bits per heavy atom. The van der Waals surface area contributed by atoms with Crippen LogP contribution in [0.5, 0.6) is 0 Å². The Bertz CT molecular complexity index is 606. The summed E-state index contributed by atoms with van der Waals surface area (Å²) in [5.41, 5.74) is 3.52. The minimum atomic E-state index is 0.0256. The van der Waals surface area contributed by atoms with Crippen LogP contribution in [0.2, 0.25) is 0 Å². The fourth-order valence-corrected chi connectivity index (χ4v) is 3.81. The fraction of sp³-hybridized carbons (Fsp3) is 0.353. The van der Waals surface area contributed by atoms with Gasteiger partial charge in [0.05, 0.1) is 4.88 Å². The second-order valence-corrected chi connectivity index (χ2v) is 6.41. The van der Waals surface area contributed by atoms with E-state index >= 15 is 0 Å². The van der Waals surface area contributed by atoms with E-state index < -0.39 is 0 Å². The number of benzene rings is 1. The van der Waals surface area contributed by atoms with E-state index in [0.29, 0.717) is 0 Å². The van der Waals surface area contributed by atoms with Gasteiger partial charge in [-0.3, -0.25) is 4.79 Å². The highest BCUT2D eigenvalue weighted by Crippen LogP contribution is 2.30. The number of amides is 1. The lowest BCUT2D eigenvalue weighted by molar-refractivity contribution is 0.103. The third-order valence-electron chi connectivity index (χ3n) is 3.81.